The molecule has 1 aliphatic rings. The molecule has 1 aliphatic heterocycles. The Bertz CT molecular complexity index is 906. The summed E-state index contributed by atoms with van der Waals surface area (Å²) in [5.41, 5.74) is 1.26. The molecule has 152 valence electrons. The summed E-state index contributed by atoms with van der Waals surface area (Å²) in [5, 5.41) is 3.34. The third-order valence-electron chi connectivity index (χ3n) is 5.00. The third-order valence-corrected chi connectivity index (χ3v) is 6.39. The summed E-state index contributed by atoms with van der Waals surface area (Å²) in [6.45, 7) is 5.57. The maximum Gasteiger partial charge on any atom is 0.254 e. The molecular weight excluding hydrogens is 398 g/mol. The molecule has 1 amide bonds. The highest BCUT2D eigenvalue weighted by Gasteiger charge is 2.29. The fraction of sp³-hybridized carbons (Fsp3) is 0.350. The van der Waals surface area contributed by atoms with Gasteiger partial charge in [-0.15, -0.1) is 12.4 Å². The van der Waals surface area contributed by atoms with E-state index in [2.05, 4.69) is 10.0 Å². The fourth-order valence-corrected chi connectivity index (χ4v) is 4.23. The van der Waals surface area contributed by atoms with Gasteiger partial charge < -0.3 is 10.2 Å². The van der Waals surface area contributed by atoms with E-state index >= 15 is 0 Å². The molecule has 0 radical (unpaired) electrons. The van der Waals surface area contributed by atoms with Gasteiger partial charge >= 0.3 is 0 Å². The Morgan fingerprint density at radius 2 is 1.86 bits per heavy atom. The first-order valence-corrected chi connectivity index (χ1v) is 10.5. The van der Waals surface area contributed by atoms with Crippen molar-refractivity contribution in [2.24, 2.45) is 0 Å². The van der Waals surface area contributed by atoms with Crippen LogP contribution < -0.4 is 10.0 Å². The van der Waals surface area contributed by atoms with Crippen LogP contribution in [0.15, 0.2) is 59.5 Å². The predicted octanol–water partition coefficient (Wildman–Crippen LogP) is 2.41. The molecule has 2 aromatic carbocycles. The van der Waals surface area contributed by atoms with E-state index in [0.717, 1.165) is 12.1 Å². The van der Waals surface area contributed by atoms with Gasteiger partial charge in [0.1, 0.15) is 0 Å². The number of halogens is 1. The molecule has 1 saturated heterocycles. The second-order valence-corrected chi connectivity index (χ2v) is 8.59. The van der Waals surface area contributed by atoms with Gasteiger partial charge in [-0.05, 0) is 37.6 Å². The van der Waals surface area contributed by atoms with E-state index < -0.39 is 10.0 Å². The van der Waals surface area contributed by atoms with E-state index in [1.54, 1.807) is 17.0 Å². The summed E-state index contributed by atoms with van der Waals surface area (Å²) in [5.74, 6) is -0.143. The van der Waals surface area contributed by atoms with Crippen LogP contribution in [0.3, 0.4) is 0 Å². The Labute approximate surface area is 172 Å². The highest BCUT2D eigenvalue weighted by atomic mass is 35.5. The molecule has 6 nitrogen and oxygen atoms in total. The maximum absolute atomic E-state index is 12.9. The van der Waals surface area contributed by atoms with E-state index in [1.165, 1.54) is 12.1 Å². The lowest BCUT2D eigenvalue weighted by Crippen LogP contribution is -2.57. The van der Waals surface area contributed by atoms with Crippen LogP contribution in [0.2, 0.25) is 0 Å². The molecule has 1 heterocycles. The van der Waals surface area contributed by atoms with Crippen LogP contribution in [0, 0.1) is 0 Å². The van der Waals surface area contributed by atoms with E-state index in [0.29, 0.717) is 12.1 Å². The Hall–Kier alpha value is -1.93. The number of hydrogen-bond donors (Lipinski definition) is 2. The van der Waals surface area contributed by atoms with Crippen LogP contribution in [0.25, 0.3) is 0 Å². The zero-order chi connectivity index (χ0) is 19.4. The molecule has 0 spiro atoms. The topological polar surface area (TPSA) is 78.5 Å². The van der Waals surface area contributed by atoms with Crippen LogP contribution in [0.4, 0.5) is 0 Å². The zero-order valence-electron chi connectivity index (χ0n) is 16.0. The van der Waals surface area contributed by atoms with Gasteiger partial charge in [0.15, 0.2) is 0 Å². The van der Waals surface area contributed by atoms with Gasteiger partial charge in [-0.1, -0.05) is 36.4 Å². The Morgan fingerprint density at radius 3 is 2.57 bits per heavy atom. The SMILES string of the molecule is CC1NCCN(C(=O)c2cccc(S(=O)(=O)NCc3ccccc3)c2)C1C.Cl. The predicted molar refractivity (Wildman–Crippen MR) is 112 cm³/mol. The Morgan fingerprint density at radius 1 is 1.14 bits per heavy atom. The normalized spacial score (nSPS) is 19.7. The molecule has 28 heavy (non-hydrogen) atoms. The van der Waals surface area contributed by atoms with Crippen molar-refractivity contribution in [2.75, 3.05) is 13.1 Å². The molecule has 3 rings (SSSR count). The Balaban J connectivity index is 0.00000280. The molecule has 0 bridgehead atoms. The molecule has 2 atom stereocenters. The number of rotatable bonds is 5. The minimum Gasteiger partial charge on any atom is -0.333 e. The summed E-state index contributed by atoms with van der Waals surface area (Å²) in [6.07, 6.45) is 0. The van der Waals surface area contributed by atoms with Crippen LogP contribution in [0.5, 0.6) is 0 Å². The number of hydrogen-bond acceptors (Lipinski definition) is 4. The van der Waals surface area contributed by atoms with Gasteiger partial charge in [-0.3, -0.25) is 4.79 Å². The lowest BCUT2D eigenvalue weighted by Gasteiger charge is -2.38. The highest BCUT2D eigenvalue weighted by Crippen LogP contribution is 2.17. The zero-order valence-corrected chi connectivity index (χ0v) is 17.6. The number of sulfonamides is 1. The smallest absolute Gasteiger partial charge is 0.254 e. The van der Waals surface area contributed by atoms with E-state index in [4.69, 9.17) is 0 Å². The van der Waals surface area contributed by atoms with Gasteiger partial charge in [0.2, 0.25) is 10.0 Å². The number of carbonyl (C=O) groups is 1. The molecule has 2 N–H and O–H groups in total. The summed E-state index contributed by atoms with van der Waals surface area (Å²) >= 11 is 0. The molecule has 2 unspecified atom stereocenters. The number of nitrogens with one attached hydrogen (secondary N) is 2. The molecule has 2 aromatic rings. The van der Waals surface area contributed by atoms with Crippen LogP contribution in [-0.2, 0) is 16.6 Å². The maximum atomic E-state index is 12.9. The molecule has 0 aromatic heterocycles. The fourth-order valence-electron chi connectivity index (χ4n) is 3.16. The minimum atomic E-state index is -3.70. The average Bonchev–Trinajstić information content (AvgIpc) is 2.69. The summed E-state index contributed by atoms with van der Waals surface area (Å²) in [4.78, 5) is 14.8. The standard InChI is InChI=1S/C20H25N3O3S.ClH/c1-15-16(2)23(12-11-21-15)20(24)18-9-6-10-19(13-18)27(25,26)22-14-17-7-4-3-5-8-17;/h3-10,13,15-16,21-22H,11-12,14H2,1-2H3;1H. The summed E-state index contributed by atoms with van der Waals surface area (Å²) in [7, 11) is -3.70. The first-order chi connectivity index (χ1) is 12.9. The average molecular weight is 424 g/mol. The minimum absolute atomic E-state index is 0. The number of benzene rings is 2. The van der Waals surface area contributed by atoms with Crippen molar-refractivity contribution in [2.45, 2.75) is 37.4 Å². The first-order valence-electron chi connectivity index (χ1n) is 9.06. The van der Waals surface area contributed by atoms with E-state index in [1.807, 2.05) is 44.2 Å². The van der Waals surface area contributed by atoms with E-state index in [-0.39, 0.29) is 41.8 Å². The number of nitrogens with zero attached hydrogens (tertiary/aromatic N) is 1. The van der Waals surface area contributed by atoms with Crippen molar-refractivity contribution in [3.8, 4) is 0 Å². The second kappa shape index (κ2) is 9.52. The van der Waals surface area contributed by atoms with Crippen molar-refractivity contribution in [3.05, 3.63) is 65.7 Å². The molecular formula is C20H26ClN3O3S. The quantitative estimate of drug-likeness (QED) is 0.774. The van der Waals surface area contributed by atoms with Crippen molar-refractivity contribution >= 4 is 28.3 Å². The van der Waals surface area contributed by atoms with Crippen molar-refractivity contribution in [1.29, 1.82) is 0 Å². The Kier molecular flexibility index (Phi) is 7.60. The lowest BCUT2D eigenvalue weighted by molar-refractivity contribution is 0.0602. The van der Waals surface area contributed by atoms with Crippen molar-refractivity contribution in [3.63, 3.8) is 0 Å². The summed E-state index contributed by atoms with van der Waals surface area (Å²) in [6, 6.07) is 15.8. The number of carbonyl (C=O) groups excluding carboxylic acids is 1. The van der Waals surface area contributed by atoms with Gasteiger partial charge in [0, 0.05) is 37.3 Å². The first kappa shape index (κ1) is 22.4. The molecule has 1 fully saturated rings. The third kappa shape index (κ3) is 5.11. The number of piperazine rings is 1. The molecule has 0 saturated carbocycles. The molecule has 8 heteroatoms. The lowest BCUT2D eigenvalue weighted by atomic mass is 10.1. The van der Waals surface area contributed by atoms with Gasteiger partial charge in [0.25, 0.3) is 5.91 Å². The number of amides is 1. The largest absolute Gasteiger partial charge is 0.333 e. The van der Waals surface area contributed by atoms with Crippen molar-refractivity contribution < 1.29 is 13.2 Å². The summed E-state index contributed by atoms with van der Waals surface area (Å²) < 4.78 is 27.8. The highest BCUT2D eigenvalue weighted by molar-refractivity contribution is 7.89. The van der Waals surface area contributed by atoms with Crippen LogP contribution in [-0.4, -0.2) is 44.4 Å². The second-order valence-electron chi connectivity index (χ2n) is 6.82. The van der Waals surface area contributed by atoms with Crippen molar-refractivity contribution in [1.82, 2.24) is 14.9 Å². The monoisotopic (exact) mass is 423 g/mol. The van der Waals surface area contributed by atoms with Gasteiger partial charge in [-0.25, -0.2) is 13.1 Å². The van der Waals surface area contributed by atoms with E-state index in [9.17, 15) is 13.2 Å². The molecule has 0 aliphatic carbocycles. The van der Waals surface area contributed by atoms with Gasteiger partial charge in [-0.2, -0.15) is 0 Å². The van der Waals surface area contributed by atoms with Crippen LogP contribution in [0.1, 0.15) is 29.8 Å². The van der Waals surface area contributed by atoms with Gasteiger partial charge in [0.05, 0.1) is 4.90 Å². The van der Waals surface area contributed by atoms with Crippen LogP contribution >= 0.6 is 12.4 Å².